The molecule has 2 fully saturated rings. The normalized spacial score (nSPS) is 28.2. The molecule has 10 nitrogen and oxygen atoms in total. The van der Waals surface area contributed by atoms with Gasteiger partial charge < -0.3 is 30.1 Å². The number of nitrogens with zero attached hydrogens (tertiary/aromatic N) is 4. The number of anilines is 1. The summed E-state index contributed by atoms with van der Waals surface area (Å²) >= 11 is 12.4. The first-order valence-corrected chi connectivity index (χ1v) is 13.4. The maximum absolute atomic E-state index is 14.1. The van der Waals surface area contributed by atoms with E-state index in [1.165, 1.54) is 23.1 Å². The highest BCUT2D eigenvalue weighted by Crippen LogP contribution is 2.37. The number of carbonyl (C=O) groups excluding carboxylic acids is 1. The lowest BCUT2D eigenvalue weighted by atomic mass is 9.91. The van der Waals surface area contributed by atoms with Gasteiger partial charge in [-0.3, -0.25) is 4.79 Å². The molecule has 0 spiro atoms. The van der Waals surface area contributed by atoms with Crippen LogP contribution in [0.5, 0.6) is 0 Å². The number of aliphatic hydroxyl groups excluding tert-OH is 4. The first-order valence-electron chi connectivity index (χ1n) is 12.7. The molecule has 1 aliphatic heterocycles. The van der Waals surface area contributed by atoms with Crippen molar-refractivity contribution in [2.24, 2.45) is 0 Å². The summed E-state index contributed by atoms with van der Waals surface area (Å²) in [5.41, 5.74) is -0.0588. The molecule has 220 valence electrons. The molecule has 3 aromatic rings. The van der Waals surface area contributed by atoms with Gasteiger partial charge in [0.1, 0.15) is 30.0 Å². The standard InChI is InChI=1S/C26H25Cl2F3N4O6/c27-12-6-13(28)8-14(7-12)35(18-2-1-3-19(18)37)26(40)25-24(39)22(23(38)20(10-36)41-25)34-9-17(32-33-34)11-4-15(29)21(31)16(30)5-11/h4-9,18-20,22-25,36-39H,1-3,10H2/t18-,19-,20+,22-,23-,24+,25+/m0/s1. The molecule has 4 N–H and O–H groups in total. The van der Waals surface area contributed by atoms with Crippen LogP contribution in [0.1, 0.15) is 25.3 Å². The minimum Gasteiger partial charge on any atom is -0.394 e. The van der Waals surface area contributed by atoms with Crippen LogP contribution in [0.4, 0.5) is 18.9 Å². The van der Waals surface area contributed by atoms with Crippen LogP contribution in [0.2, 0.25) is 10.0 Å². The molecule has 0 radical (unpaired) electrons. The highest BCUT2D eigenvalue weighted by atomic mass is 35.5. The van der Waals surface area contributed by atoms with Gasteiger partial charge in [-0.2, -0.15) is 0 Å². The molecule has 0 bridgehead atoms. The third-order valence-electron chi connectivity index (χ3n) is 7.37. The van der Waals surface area contributed by atoms with E-state index in [1.807, 2.05) is 0 Å². The first-order chi connectivity index (χ1) is 19.5. The molecule has 1 saturated carbocycles. The summed E-state index contributed by atoms with van der Waals surface area (Å²) in [6.45, 7) is -0.751. The molecule has 41 heavy (non-hydrogen) atoms. The molecule has 2 heterocycles. The smallest absolute Gasteiger partial charge is 0.259 e. The van der Waals surface area contributed by atoms with Crippen molar-refractivity contribution in [3.63, 3.8) is 0 Å². The van der Waals surface area contributed by atoms with Crippen molar-refractivity contribution in [1.29, 1.82) is 0 Å². The van der Waals surface area contributed by atoms with Gasteiger partial charge in [0.05, 0.1) is 24.9 Å². The Kier molecular flexibility index (Phi) is 8.58. The Morgan fingerprint density at radius 1 is 1.02 bits per heavy atom. The summed E-state index contributed by atoms with van der Waals surface area (Å²) in [7, 11) is 0. The lowest BCUT2D eigenvalue weighted by Crippen LogP contribution is -2.62. The van der Waals surface area contributed by atoms with Gasteiger partial charge in [0.15, 0.2) is 23.6 Å². The fraction of sp³-hybridized carbons (Fsp3) is 0.423. The number of ether oxygens (including phenoxy) is 1. The van der Waals surface area contributed by atoms with Crippen LogP contribution < -0.4 is 4.90 Å². The Hall–Kier alpha value is -2.78. The number of halogens is 5. The van der Waals surface area contributed by atoms with Gasteiger partial charge in [0.2, 0.25) is 0 Å². The van der Waals surface area contributed by atoms with Crippen molar-refractivity contribution in [3.05, 3.63) is 64.0 Å². The third-order valence-corrected chi connectivity index (χ3v) is 7.81. The molecule has 1 aromatic heterocycles. The van der Waals surface area contributed by atoms with Gasteiger partial charge in [-0.1, -0.05) is 28.4 Å². The average molecular weight is 617 g/mol. The van der Waals surface area contributed by atoms with E-state index in [9.17, 15) is 38.4 Å². The van der Waals surface area contributed by atoms with E-state index in [4.69, 9.17) is 27.9 Å². The summed E-state index contributed by atoms with van der Waals surface area (Å²) < 4.78 is 47.7. The lowest BCUT2D eigenvalue weighted by molar-refractivity contribution is -0.205. The van der Waals surface area contributed by atoms with Gasteiger partial charge in [-0.05, 0) is 49.6 Å². The molecule has 1 aliphatic carbocycles. The number of rotatable bonds is 6. The average Bonchev–Trinajstić information content (AvgIpc) is 3.56. The van der Waals surface area contributed by atoms with Crippen molar-refractivity contribution >= 4 is 34.8 Å². The van der Waals surface area contributed by atoms with Crippen LogP contribution in [0.15, 0.2) is 36.5 Å². The van der Waals surface area contributed by atoms with Crippen molar-refractivity contribution in [1.82, 2.24) is 15.0 Å². The van der Waals surface area contributed by atoms with E-state index in [1.54, 1.807) is 0 Å². The van der Waals surface area contributed by atoms with Gasteiger partial charge >= 0.3 is 0 Å². The molecule has 2 aromatic carbocycles. The van der Waals surface area contributed by atoms with E-state index in [0.29, 0.717) is 31.4 Å². The summed E-state index contributed by atoms with van der Waals surface area (Å²) in [5.74, 6) is -5.38. The second-order valence-corrected chi connectivity index (χ2v) is 10.9. The first kappa shape index (κ1) is 29.7. The van der Waals surface area contributed by atoms with E-state index in [2.05, 4.69) is 10.3 Å². The second kappa shape index (κ2) is 11.8. The van der Waals surface area contributed by atoms with Crippen LogP contribution in [0.3, 0.4) is 0 Å². The van der Waals surface area contributed by atoms with Gasteiger partial charge in [0, 0.05) is 21.3 Å². The Bertz CT molecular complexity index is 1400. The number of aliphatic hydroxyl groups is 4. The van der Waals surface area contributed by atoms with E-state index < -0.39 is 72.6 Å². The fourth-order valence-electron chi connectivity index (χ4n) is 5.40. The zero-order valence-electron chi connectivity index (χ0n) is 21.1. The van der Waals surface area contributed by atoms with E-state index in [-0.39, 0.29) is 27.0 Å². The fourth-order valence-corrected chi connectivity index (χ4v) is 5.91. The Labute approximate surface area is 241 Å². The predicted octanol–water partition coefficient (Wildman–Crippen LogP) is 2.64. The zero-order chi connectivity index (χ0) is 29.6. The number of carbonyl (C=O) groups is 1. The maximum Gasteiger partial charge on any atom is 0.259 e. The molecule has 5 rings (SSSR count). The molecule has 1 amide bonds. The molecule has 2 aliphatic rings. The summed E-state index contributed by atoms with van der Waals surface area (Å²) in [6, 6.07) is 3.65. The summed E-state index contributed by atoms with van der Waals surface area (Å²) in [4.78, 5) is 15.3. The SMILES string of the molecule is O=C([C@@H]1O[C@H](CO)[C@H](O)[C@H](n2cc(-c3cc(F)c(F)c(F)c3)nn2)[C@H]1O)N(c1cc(Cl)cc(Cl)c1)[C@H]1CCC[C@@H]1O. The van der Waals surface area contributed by atoms with Gasteiger partial charge in [-0.25, -0.2) is 17.9 Å². The van der Waals surface area contributed by atoms with E-state index >= 15 is 0 Å². The number of hydrogen-bond acceptors (Lipinski definition) is 8. The molecule has 1 saturated heterocycles. The van der Waals surface area contributed by atoms with Crippen molar-refractivity contribution in [2.45, 2.75) is 61.9 Å². The molecule has 15 heteroatoms. The Morgan fingerprint density at radius 2 is 1.68 bits per heavy atom. The number of benzene rings is 2. The summed E-state index contributed by atoms with van der Waals surface area (Å²) in [6.07, 6.45) is -4.75. The largest absolute Gasteiger partial charge is 0.394 e. The zero-order valence-corrected chi connectivity index (χ0v) is 22.6. The van der Waals surface area contributed by atoms with Crippen LogP contribution >= 0.6 is 23.2 Å². The third kappa shape index (κ3) is 5.67. The highest BCUT2D eigenvalue weighted by molar-refractivity contribution is 6.35. The summed E-state index contributed by atoms with van der Waals surface area (Å²) in [5, 5.41) is 51.0. The van der Waals surface area contributed by atoms with Crippen molar-refractivity contribution in [2.75, 3.05) is 11.5 Å². The maximum atomic E-state index is 14.1. The van der Waals surface area contributed by atoms with Crippen molar-refractivity contribution in [3.8, 4) is 11.3 Å². The number of aromatic nitrogens is 3. The van der Waals surface area contributed by atoms with Crippen LogP contribution in [0.25, 0.3) is 11.3 Å². The van der Waals surface area contributed by atoms with Crippen LogP contribution in [0, 0.1) is 17.5 Å². The highest BCUT2D eigenvalue weighted by Gasteiger charge is 2.51. The molecule has 7 atom stereocenters. The monoisotopic (exact) mass is 616 g/mol. The predicted molar refractivity (Wildman–Crippen MR) is 140 cm³/mol. The molecular weight excluding hydrogens is 592 g/mol. The van der Waals surface area contributed by atoms with Crippen LogP contribution in [-0.4, -0.2) is 84.5 Å². The topological polar surface area (TPSA) is 141 Å². The minimum atomic E-state index is -1.78. The Balaban J connectivity index is 1.51. The molecular formula is C26H25Cl2F3N4O6. The second-order valence-electron chi connectivity index (χ2n) is 9.99. The molecule has 0 unspecified atom stereocenters. The van der Waals surface area contributed by atoms with Crippen molar-refractivity contribution < 1.29 is 43.1 Å². The number of amides is 1. The number of hydrogen-bond donors (Lipinski definition) is 4. The van der Waals surface area contributed by atoms with Crippen LogP contribution in [-0.2, 0) is 9.53 Å². The Morgan fingerprint density at radius 3 is 2.27 bits per heavy atom. The van der Waals surface area contributed by atoms with E-state index in [0.717, 1.165) is 10.9 Å². The van der Waals surface area contributed by atoms with Gasteiger partial charge in [0.25, 0.3) is 5.91 Å². The van der Waals surface area contributed by atoms with Gasteiger partial charge in [-0.15, -0.1) is 5.10 Å². The minimum absolute atomic E-state index is 0.124. The quantitative estimate of drug-likeness (QED) is 0.310. The lowest BCUT2D eigenvalue weighted by Gasteiger charge is -2.43.